The Hall–Kier alpha value is -2.75. The van der Waals surface area contributed by atoms with Gasteiger partial charge in [-0.3, -0.25) is 29.2 Å². The Labute approximate surface area is 163 Å². The zero-order valence-corrected chi connectivity index (χ0v) is 17.0. The van der Waals surface area contributed by atoms with Crippen LogP contribution in [0.25, 0.3) is 0 Å². The van der Waals surface area contributed by atoms with Crippen molar-refractivity contribution in [2.75, 3.05) is 26.2 Å². The van der Waals surface area contributed by atoms with Gasteiger partial charge < -0.3 is 4.90 Å². The topological polar surface area (TPSA) is 102 Å². The van der Waals surface area contributed by atoms with E-state index in [4.69, 9.17) is 0 Å². The van der Waals surface area contributed by atoms with Gasteiger partial charge in [-0.25, -0.2) is 0 Å². The zero-order valence-electron chi connectivity index (χ0n) is 17.0. The van der Waals surface area contributed by atoms with Crippen molar-refractivity contribution < 1.29 is 9.72 Å². The van der Waals surface area contributed by atoms with Gasteiger partial charge in [-0.15, -0.1) is 0 Å². The molecule has 1 atom stereocenters. The van der Waals surface area contributed by atoms with Crippen molar-refractivity contribution in [3.8, 4) is 0 Å². The molecule has 1 saturated heterocycles. The van der Waals surface area contributed by atoms with Gasteiger partial charge in [-0.05, 0) is 27.7 Å². The lowest BCUT2D eigenvalue weighted by Crippen LogP contribution is -2.50. The van der Waals surface area contributed by atoms with E-state index in [0.29, 0.717) is 24.5 Å². The molecule has 10 nitrogen and oxygen atoms in total. The monoisotopic (exact) mass is 389 g/mol. The first-order chi connectivity index (χ1) is 13.2. The normalized spacial score (nSPS) is 16.4. The fourth-order valence-electron chi connectivity index (χ4n) is 3.84. The van der Waals surface area contributed by atoms with Crippen molar-refractivity contribution in [3.05, 3.63) is 39.0 Å². The Morgan fingerprint density at radius 3 is 2.32 bits per heavy atom. The summed E-state index contributed by atoms with van der Waals surface area (Å²) in [4.78, 5) is 27.8. The fourth-order valence-corrected chi connectivity index (χ4v) is 3.84. The summed E-state index contributed by atoms with van der Waals surface area (Å²) in [6, 6.07) is -0.570. The summed E-state index contributed by atoms with van der Waals surface area (Å²) in [5.41, 5.74) is 2.95. The first-order valence-electron chi connectivity index (χ1n) is 9.39. The minimum atomic E-state index is -0.570. The predicted octanol–water partition coefficient (Wildman–Crippen LogP) is 1.36. The minimum Gasteiger partial charge on any atom is -0.338 e. The summed E-state index contributed by atoms with van der Waals surface area (Å²) in [6.45, 7) is 10.6. The average molecular weight is 389 g/mol. The maximum atomic E-state index is 12.9. The Bertz CT molecular complexity index is 893. The van der Waals surface area contributed by atoms with E-state index < -0.39 is 11.0 Å². The van der Waals surface area contributed by atoms with Crippen LogP contribution in [-0.2, 0) is 18.4 Å². The molecule has 0 aromatic carbocycles. The van der Waals surface area contributed by atoms with Crippen molar-refractivity contribution in [2.45, 2.75) is 40.3 Å². The highest BCUT2D eigenvalue weighted by atomic mass is 16.6. The van der Waals surface area contributed by atoms with Crippen LogP contribution < -0.4 is 0 Å². The molecule has 1 fully saturated rings. The molecule has 0 saturated carbocycles. The van der Waals surface area contributed by atoms with Crippen LogP contribution in [0.5, 0.6) is 0 Å². The third-order valence-corrected chi connectivity index (χ3v) is 5.39. The molecule has 152 valence electrons. The van der Waals surface area contributed by atoms with Crippen molar-refractivity contribution in [1.29, 1.82) is 0 Å². The van der Waals surface area contributed by atoms with E-state index in [9.17, 15) is 14.9 Å². The Kier molecular flexibility index (Phi) is 5.50. The van der Waals surface area contributed by atoms with E-state index in [1.807, 2.05) is 29.7 Å². The Morgan fingerprint density at radius 2 is 1.82 bits per heavy atom. The second-order valence-electron chi connectivity index (χ2n) is 7.41. The van der Waals surface area contributed by atoms with E-state index in [1.165, 1.54) is 10.2 Å². The van der Waals surface area contributed by atoms with Crippen LogP contribution >= 0.6 is 0 Å². The van der Waals surface area contributed by atoms with Crippen LogP contribution in [0.2, 0.25) is 0 Å². The smallest absolute Gasteiger partial charge is 0.312 e. The average Bonchev–Trinajstić information content (AvgIpc) is 3.11. The molecule has 0 aliphatic carbocycles. The van der Waals surface area contributed by atoms with Crippen molar-refractivity contribution in [2.24, 2.45) is 7.05 Å². The molecule has 1 amide bonds. The molecule has 3 rings (SSSR count). The number of aromatic nitrogens is 4. The SMILES string of the molecule is Cc1nn(C)cc1CN1CCN(C(=O)C(C)n2nc(C)c([N+](=O)[O-])c2C)CC1. The van der Waals surface area contributed by atoms with Crippen LogP contribution in [0.15, 0.2) is 6.20 Å². The molecule has 0 radical (unpaired) electrons. The van der Waals surface area contributed by atoms with Crippen LogP contribution in [-0.4, -0.2) is 66.4 Å². The van der Waals surface area contributed by atoms with Gasteiger partial charge in [0, 0.05) is 51.5 Å². The van der Waals surface area contributed by atoms with Gasteiger partial charge in [0.25, 0.3) is 0 Å². The highest BCUT2D eigenvalue weighted by Crippen LogP contribution is 2.25. The quantitative estimate of drug-likeness (QED) is 0.565. The number of carbonyl (C=O) groups excluding carboxylic acids is 1. The van der Waals surface area contributed by atoms with Crippen LogP contribution in [0.1, 0.15) is 35.6 Å². The fraction of sp³-hybridized carbons (Fsp3) is 0.611. The lowest BCUT2D eigenvalue weighted by Gasteiger charge is -2.36. The van der Waals surface area contributed by atoms with Crippen LogP contribution in [0.3, 0.4) is 0 Å². The molecule has 1 unspecified atom stereocenters. The van der Waals surface area contributed by atoms with E-state index >= 15 is 0 Å². The summed E-state index contributed by atoms with van der Waals surface area (Å²) in [6.07, 6.45) is 2.03. The summed E-state index contributed by atoms with van der Waals surface area (Å²) >= 11 is 0. The number of aryl methyl sites for hydroxylation is 3. The zero-order chi connectivity index (χ0) is 20.6. The first kappa shape index (κ1) is 20.0. The van der Waals surface area contributed by atoms with Gasteiger partial charge in [0.15, 0.2) is 0 Å². The number of hydrogen-bond acceptors (Lipinski definition) is 6. The lowest BCUT2D eigenvalue weighted by atomic mass is 10.2. The summed E-state index contributed by atoms with van der Waals surface area (Å²) < 4.78 is 3.29. The molecule has 28 heavy (non-hydrogen) atoms. The van der Waals surface area contributed by atoms with Gasteiger partial charge in [0.1, 0.15) is 17.4 Å². The molecule has 3 heterocycles. The number of amides is 1. The number of piperazine rings is 1. The summed E-state index contributed by atoms with van der Waals surface area (Å²) in [7, 11) is 1.91. The number of nitro groups is 1. The molecule has 10 heteroatoms. The molecule has 0 bridgehead atoms. The number of nitrogens with zero attached hydrogens (tertiary/aromatic N) is 7. The van der Waals surface area contributed by atoms with Crippen LogP contribution in [0.4, 0.5) is 5.69 Å². The van der Waals surface area contributed by atoms with Crippen molar-refractivity contribution in [3.63, 3.8) is 0 Å². The third kappa shape index (κ3) is 3.77. The molecular weight excluding hydrogens is 362 g/mol. The second kappa shape index (κ2) is 7.70. The highest BCUT2D eigenvalue weighted by molar-refractivity contribution is 5.80. The third-order valence-electron chi connectivity index (χ3n) is 5.39. The molecule has 1 aliphatic rings. The largest absolute Gasteiger partial charge is 0.338 e. The molecule has 2 aromatic heterocycles. The van der Waals surface area contributed by atoms with Gasteiger partial charge in [-0.1, -0.05) is 0 Å². The van der Waals surface area contributed by atoms with Gasteiger partial charge in [-0.2, -0.15) is 10.2 Å². The van der Waals surface area contributed by atoms with E-state index in [2.05, 4.69) is 15.1 Å². The summed E-state index contributed by atoms with van der Waals surface area (Å²) in [5, 5.41) is 19.8. The molecule has 0 spiro atoms. The minimum absolute atomic E-state index is 0.0173. The summed E-state index contributed by atoms with van der Waals surface area (Å²) in [5.74, 6) is -0.0577. The van der Waals surface area contributed by atoms with Crippen molar-refractivity contribution >= 4 is 11.6 Å². The maximum absolute atomic E-state index is 12.9. The first-order valence-corrected chi connectivity index (χ1v) is 9.39. The molecule has 2 aromatic rings. The van der Waals surface area contributed by atoms with E-state index in [1.54, 1.807) is 20.8 Å². The second-order valence-corrected chi connectivity index (χ2v) is 7.41. The van der Waals surface area contributed by atoms with Gasteiger partial charge >= 0.3 is 5.69 Å². The predicted molar refractivity (Wildman–Crippen MR) is 103 cm³/mol. The molecule has 1 aliphatic heterocycles. The number of carbonyl (C=O) groups is 1. The van der Waals surface area contributed by atoms with Crippen molar-refractivity contribution in [1.82, 2.24) is 29.4 Å². The number of rotatable bonds is 5. The molecular formula is C18H27N7O3. The van der Waals surface area contributed by atoms with Crippen LogP contribution in [0, 0.1) is 30.9 Å². The number of hydrogen-bond donors (Lipinski definition) is 0. The Balaban J connectivity index is 1.63. The Morgan fingerprint density at radius 1 is 1.18 bits per heavy atom. The van der Waals surface area contributed by atoms with E-state index in [0.717, 1.165) is 25.3 Å². The van der Waals surface area contributed by atoms with Gasteiger partial charge in [0.2, 0.25) is 5.91 Å². The van der Waals surface area contributed by atoms with Gasteiger partial charge in [0.05, 0.1) is 10.6 Å². The van der Waals surface area contributed by atoms with E-state index in [-0.39, 0.29) is 11.6 Å². The molecule has 0 N–H and O–H groups in total. The standard InChI is InChI=1S/C18H27N7O3/c1-12-16(10-21(5)19-12)11-22-6-8-23(9-7-22)18(26)15(4)24-14(3)17(25(27)28)13(2)20-24/h10,15H,6-9,11H2,1-5H3. The maximum Gasteiger partial charge on any atom is 0.312 e. The lowest BCUT2D eigenvalue weighted by molar-refractivity contribution is -0.386. The highest BCUT2D eigenvalue weighted by Gasteiger charge is 2.31.